The number of hydrogen-bond donors (Lipinski definition) is 0. The van der Waals surface area contributed by atoms with Gasteiger partial charge in [0.25, 0.3) is 0 Å². The third-order valence-corrected chi connectivity index (χ3v) is 1.81. The van der Waals surface area contributed by atoms with Gasteiger partial charge in [0.2, 0.25) is 0 Å². The topological polar surface area (TPSA) is 18.5 Å². The molecule has 51 valence electrons. The Morgan fingerprint density at radius 2 is 1.80 bits per heavy atom. The molecule has 2 nitrogen and oxygen atoms in total. The van der Waals surface area contributed by atoms with Gasteiger partial charge in [-0.1, -0.05) is 0 Å². The van der Waals surface area contributed by atoms with Crippen molar-refractivity contribution in [2.75, 3.05) is 7.11 Å². The molecule has 0 spiro atoms. The van der Waals surface area contributed by atoms with Crippen LogP contribution in [-0.2, 0) is 0 Å². The van der Waals surface area contributed by atoms with E-state index in [1.54, 1.807) is 7.11 Å². The summed E-state index contributed by atoms with van der Waals surface area (Å²) in [7, 11) is 1.63. The molecule has 0 bridgehead atoms. The fourth-order valence-corrected chi connectivity index (χ4v) is 1.18. The number of hydrogen-bond acceptors (Lipinski definition) is 2. The van der Waals surface area contributed by atoms with Crippen molar-refractivity contribution in [3.8, 4) is 11.5 Å². The second-order valence-electron chi connectivity index (χ2n) is 1.75. The van der Waals surface area contributed by atoms with Crippen molar-refractivity contribution in [1.82, 2.24) is 0 Å². The predicted molar refractivity (Wildman–Crippen MR) is 39.4 cm³/mol. The monoisotopic (exact) mass is 243 g/mol. The van der Waals surface area contributed by atoms with Crippen molar-refractivity contribution in [1.29, 1.82) is 0 Å². The molecule has 0 aliphatic carbocycles. The zero-order valence-corrected chi connectivity index (χ0v) is 8.48. The van der Waals surface area contributed by atoms with Gasteiger partial charge in [0.05, 0.1) is 0 Å². The summed E-state index contributed by atoms with van der Waals surface area (Å²) in [5, 5.41) is 0. The Balaban J connectivity index is 2.96. The second-order valence-corrected chi connectivity index (χ2v) is 2.34. The fourth-order valence-electron chi connectivity index (χ4n) is 0.703. The standard InChI is InChI=1S/C7H8O2.Sn/c1-9-7-5-3-2-4-6(7)8;/h2-5,8H,1H3;/q;+1/p-1. The molecule has 1 aromatic carbocycles. The van der Waals surface area contributed by atoms with E-state index in [1.807, 2.05) is 24.3 Å². The summed E-state index contributed by atoms with van der Waals surface area (Å²) in [6.45, 7) is 0. The maximum absolute atomic E-state index is 5.10. The molecule has 0 heterocycles. The van der Waals surface area contributed by atoms with Gasteiger partial charge in [-0.05, 0) is 0 Å². The average Bonchev–Trinajstić information content (AvgIpc) is 2.04. The van der Waals surface area contributed by atoms with Crippen LogP contribution in [0.25, 0.3) is 0 Å². The van der Waals surface area contributed by atoms with Gasteiger partial charge in [0.1, 0.15) is 0 Å². The van der Waals surface area contributed by atoms with Gasteiger partial charge < -0.3 is 0 Å². The summed E-state index contributed by atoms with van der Waals surface area (Å²) in [6.07, 6.45) is 0. The molecule has 0 aliphatic rings. The molecule has 0 aliphatic heterocycles. The first-order chi connectivity index (χ1) is 4.88. The van der Waals surface area contributed by atoms with Crippen molar-refractivity contribution in [2.24, 2.45) is 0 Å². The molecule has 0 unspecified atom stereocenters. The Morgan fingerprint density at radius 3 is 2.20 bits per heavy atom. The van der Waals surface area contributed by atoms with Crippen LogP contribution in [0.5, 0.6) is 11.5 Å². The zero-order chi connectivity index (χ0) is 7.40. The average molecular weight is 242 g/mol. The summed E-state index contributed by atoms with van der Waals surface area (Å²) in [5.41, 5.74) is 0. The first-order valence-corrected chi connectivity index (χ1v) is 4.01. The Labute approximate surface area is 73.8 Å². The van der Waals surface area contributed by atoms with Gasteiger partial charge in [-0.2, -0.15) is 0 Å². The van der Waals surface area contributed by atoms with E-state index in [0.717, 1.165) is 34.4 Å². The van der Waals surface area contributed by atoms with Gasteiger partial charge in [0, 0.05) is 0 Å². The summed E-state index contributed by atoms with van der Waals surface area (Å²) in [5.74, 6) is 1.60. The van der Waals surface area contributed by atoms with E-state index in [2.05, 4.69) is 0 Å². The Hall–Kier alpha value is -0.381. The molecule has 0 atom stereocenters. The minimum atomic E-state index is 0.791. The maximum atomic E-state index is 5.10. The number of benzene rings is 1. The van der Waals surface area contributed by atoms with Crippen LogP contribution >= 0.6 is 0 Å². The predicted octanol–water partition coefficient (Wildman–Crippen LogP) is 1.16. The Bertz CT molecular complexity index is 190. The van der Waals surface area contributed by atoms with Gasteiger partial charge in [-0.3, -0.25) is 0 Å². The summed E-state index contributed by atoms with van der Waals surface area (Å²) < 4.78 is 10.1. The van der Waals surface area contributed by atoms with Crippen molar-refractivity contribution < 1.29 is 7.81 Å². The molecule has 3 heteroatoms. The van der Waals surface area contributed by atoms with Crippen LogP contribution in [0.4, 0.5) is 0 Å². The van der Waals surface area contributed by atoms with E-state index in [4.69, 9.17) is 7.81 Å². The molecule has 10 heavy (non-hydrogen) atoms. The van der Waals surface area contributed by atoms with Crippen LogP contribution in [0.1, 0.15) is 0 Å². The van der Waals surface area contributed by atoms with Gasteiger partial charge in [-0.25, -0.2) is 0 Å². The van der Waals surface area contributed by atoms with Crippen molar-refractivity contribution in [3.05, 3.63) is 24.3 Å². The SMILES string of the molecule is COc1ccccc1[O][Sn]. The van der Waals surface area contributed by atoms with Crippen LogP contribution in [0.15, 0.2) is 24.3 Å². The van der Waals surface area contributed by atoms with E-state index in [-0.39, 0.29) is 0 Å². The molecule has 0 saturated heterocycles. The van der Waals surface area contributed by atoms with Gasteiger partial charge in [0.15, 0.2) is 0 Å². The number of methoxy groups -OCH3 is 1. The van der Waals surface area contributed by atoms with Gasteiger partial charge >= 0.3 is 73.6 Å². The third-order valence-electron chi connectivity index (χ3n) is 1.18. The molecule has 0 aromatic heterocycles. The summed E-state index contributed by atoms with van der Waals surface area (Å²) in [4.78, 5) is 0. The van der Waals surface area contributed by atoms with E-state index < -0.39 is 0 Å². The van der Waals surface area contributed by atoms with Crippen LogP contribution in [0.2, 0.25) is 0 Å². The van der Waals surface area contributed by atoms with Crippen LogP contribution in [0, 0.1) is 0 Å². The fraction of sp³-hybridized carbons (Fsp3) is 0.143. The molecule has 0 amide bonds. The third kappa shape index (κ3) is 1.56. The Morgan fingerprint density at radius 1 is 1.20 bits per heavy atom. The van der Waals surface area contributed by atoms with E-state index in [9.17, 15) is 0 Å². The molecular weight excluding hydrogens is 235 g/mol. The molecule has 0 N–H and O–H groups in total. The van der Waals surface area contributed by atoms with Crippen molar-refractivity contribution in [2.45, 2.75) is 0 Å². The number of para-hydroxylation sites is 2. The molecule has 1 rings (SSSR count). The van der Waals surface area contributed by atoms with E-state index >= 15 is 0 Å². The molecule has 0 saturated carbocycles. The zero-order valence-electron chi connectivity index (χ0n) is 5.63. The second kappa shape index (κ2) is 3.71. The van der Waals surface area contributed by atoms with Crippen LogP contribution < -0.4 is 7.81 Å². The van der Waals surface area contributed by atoms with Crippen LogP contribution in [-0.4, -0.2) is 30.0 Å². The number of ether oxygens (including phenoxy) is 1. The quantitative estimate of drug-likeness (QED) is 0.724. The normalized spacial score (nSPS) is 9.00. The molecule has 1 aromatic rings. The minimum absolute atomic E-state index is 0.791. The first kappa shape index (κ1) is 7.72. The van der Waals surface area contributed by atoms with Crippen molar-refractivity contribution in [3.63, 3.8) is 0 Å². The summed E-state index contributed by atoms with van der Waals surface area (Å²) in [6, 6.07) is 7.59. The van der Waals surface area contributed by atoms with Crippen LogP contribution in [0.3, 0.4) is 0 Å². The Kier molecular flexibility index (Phi) is 2.86. The molecule has 3 radical (unpaired) electrons. The van der Waals surface area contributed by atoms with Gasteiger partial charge in [-0.15, -0.1) is 0 Å². The molecular formula is C7H7O2Sn. The van der Waals surface area contributed by atoms with Crippen molar-refractivity contribution >= 4 is 22.9 Å². The molecule has 0 fully saturated rings. The van der Waals surface area contributed by atoms with E-state index in [0.29, 0.717) is 0 Å². The van der Waals surface area contributed by atoms with E-state index in [1.165, 1.54) is 0 Å². The number of rotatable bonds is 2. The first-order valence-electron chi connectivity index (χ1n) is 2.85. The summed E-state index contributed by atoms with van der Waals surface area (Å²) >= 11 is 1.02.